The molecule has 1 fully saturated rings. The first-order chi connectivity index (χ1) is 11.2. The minimum Gasteiger partial charge on any atom is -0.365 e. The first-order valence-electron chi connectivity index (χ1n) is 8.09. The molecule has 0 radical (unpaired) electrons. The molecule has 1 aliphatic heterocycles. The molecule has 2 aromatic heterocycles. The molecule has 2 aromatic rings. The number of anilines is 1. The van der Waals surface area contributed by atoms with Gasteiger partial charge in [0.15, 0.2) is 0 Å². The van der Waals surface area contributed by atoms with E-state index >= 15 is 0 Å². The topological polar surface area (TPSA) is 75.9 Å². The molecule has 7 heteroatoms. The number of hydrogen-bond acceptors (Lipinski definition) is 5. The van der Waals surface area contributed by atoms with Crippen LogP contribution in [0.5, 0.6) is 0 Å². The van der Waals surface area contributed by atoms with Gasteiger partial charge in [-0.2, -0.15) is 5.10 Å². The quantitative estimate of drug-likeness (QED) is 0.916. The summed E-state index contributed by atoms with van der Waals surface area (Å²) in [4.78, 5) is 23.2. The molecule has 0 saturated carbocycles. The lowest BCUT2D eigenvalue weighted by Crippen LogP contribution is -2.33. The summed E-state index contributed by atoms with van der Waals surface area (Å²) in [5.41, 5.74) is 3.06. The van der Waals surface area contributed by atoms with Gasteiger partial charge in [0, 0.05) is 43.6 Å². The Morgan fingerprint density at radius 2 is 2.26 bits per heavy atom. The normalized spacial score (nSPS) is 19.9. The van der Waals surface area contributed by atoms with Crippen molar-refractivity contribution in [1.82, 2.24) is 24.6 Å². The molecular formula is C16H20N6O. The fourth-order valence-electron chi connectivity index (χ4n) is 3.49. The minimum absolute atomic E-state index is 0.0437. The van der Waals surface area contributed by atoms with Crippen LogP contribution in [-0.4, -0.2) is 49.7 Å². The monoisotopic (exact) mass is 312 g/mol. The van der Waals surface area contributed by atoms with Gasteiger partial charge in [0.1, 0.15) is 17.8 Å². The van der Waals surface area contributed by atoms with E-state index in [0.29, 0.717) is 12.2 Å². The molecule has 1 aliphatic carbocycles. The third-order valence-corrected chi connectivity index (χ3v) is 4.73. The van der Waals surface area contributed by atoms with Crippen LogP contribution in [0.3, 0.4) is 0 Å². The Labute approximate surface area is 134 Å². The van der Waals surface area contributed by atoms with Crippen LogP contribution in [0.4, 0.5) is 5.82 Å². The van der Waals surface area contributed by atoms with Crippen LogP contribution in [0.25, 0.3) is 0 Å². The first kappa shape index (κ1) is 14.2. The maximum Gasteiger partial charge on any atom is 0.272 e. The molecule has 1 amide bonds. The molecule has 7 nitrogen and oxygen atoms in total. The maximum atomic E-state index is 12.5. The van der Waals surface area contributed by atoms with Gasteiger partial charge in [0.05, 0.1) is 0 Å². The van der Waals surface area contributed by atoms with Crippen molar-refractivity contribution in [3.05, 3.63) is 35.5 Å². The lowest BCUT2D eigenvalue weighted by Gasteiger charge is -2.18. The Kier molecular flexibility index (Phi) is 3.48. The molecule has 1 unspecified atom stereocenters. The third kappa shape index (κ3) is 2.56. The maximum absolute atomic E-state index is 12.5. The Hall–Kier alpha value is -2.44. The summed E-state index contributed by atoms with van der Waals surface area (Å²) >= 11 is 0. The SMILES string of the molecule is Cn1nccc1C(=O)N1CCC(Nc2ncnc3c2CCC3)C1. The van der Waals surface area contributed by atoms with Crippen LogP contribution in [0.15, 0.2) is 18.6 Å². The van der Waals surface area contributed by atoms with Gasteiger partial charge in [-0.25, -0.2) is 9.97 Å². The molecule has 1 N–H and O–H groups in total. The zero-order chi connectivity index (χ0) is 15.8. The summed E-state index contributed by atoms with van der Waals surface area (Å²) in [5.74, 6) is 0.995. The average molecular weight is 312 g/mol. The third-order valence-electron chi connectivity index (χ3n) is 4.73. The number of hydrogen-bond donors (Lipinski definition) is 1. The molecule has 120 valence electrons. The Morgan fingerprint density at radius 1 is 1.35 bits per heavy atom. The lowest BCUT2D eigenvalue weighted by molar-refractivity contribution is 0.0780. The number of carbonyl (C=O) groups is 1. The number of nitrogens with one attached hydrogen (secondary N) is 1. The largest absolute Gasteiger partial charge is 0.365 e. The highest BCUT2D eigenvalue weighted by Gasteiger charge is 2.29. The second-order valence-electron chi connectivity index (χ2n) is 6.22. The summed E-state index contributed by atoms with van der Waals surface area (Å²) in [6, 6.07) is 2.01. The fraction of sp³-hybridized carbons (Fsp3) is 0.500. The number of amides is 1. The van der Waals surface area contributed by atoms with Crippen molar-refractivity contribution in [1.29, 1.82) is 0 Å². The van der Waals surface area contributed by atoms with Crippen LogP contribution < -0.4 is 5.32 Å². The summed E-state index contributed by atoms with van der Waals surface area (Å²) < 4.78 is 1.63. The van der Waals surface area contributed by atoms with E-state index < -0.39 is 0 Å². The van der Waals surface area contributed by atoms with Crippen LogP contribution in [-0.2, 0) is 19.9 Å². The molecule has 0 spiro atoms. The van der Waals surface area contributed by atoms with Gasteiger partial charge in [-0.15, -0.1) is 0 Å². The van der Waals surface area contributed by atoms with Gasteiger partial charge in [-0.05, 0) is 31.7 Å². The van der Waals surface area contributed by atoms with Gasteiger partial charge < -0.3 is 10.2 Å². The van der Waals surface area contributed by atoms with Gasteiger partial charge in [0.2, 0.25) is 0 Å². The highest BCUT2D eigenvalue weighted by atomic mass is 16.2. The number of likely N-dealkylation sites (tertiary alicyclic amines) is 1. The predicted molar refractivity (Wildman–Crippen MR) is 85.2 cm³/mol. The molecule has 1 saturated heterocycles. The first-order valence-corrected chi connectivity index (χ1v) is 8.09. The number of rotatable bonds is 3. The number of nitrogens with zero attached hydrogens (tertiary/aromatic N) is 5. The molecule has 2 aliphatic rings. The van der Waals surface area contributed by atoms with E-state index in [1.165, 1.54) is 11.3 Å². The highest BCUT2D eigenvalue weighted by molar-refractivity contribution is 5.92. The minimum atomic E-state index is 0.0437. The van der Waals surface area contributed by atoms with Gasteiger partial charge in [-0.3, -0.25) is 9.48 Å². The standard InChI is InChI=1S/C16H20N6O/c1-21-14(5-7-19-21)16(23)22-8-6-11(9-22)20-15-12-3-2-4-13(12)17-10-18-15/h5,7,10-11H,2-4,6,8-9H2,1H3,(H,17,18,20). The summed E-state index contributed by atoms with van der Waals surface area (Å²) in [6.07, 6.45) is 7.47. The Balaban J connectivity index is 1.44. The summed E-state index contributed by atoms with van der Waals surface area (Å²) in [7, 11) is 1.79. The van der Waals surface area contributed by atoms with Crippen molar-refractivity contribution in [2.24, 2.45) is 7.05 Å². The van der Waals surface area contributed by atoms with E-state index in [1.807, 2.05) is 4.90 Å². The summed E-state index contributed by atoms with van der Waals surface area (Å²) in [5, 5.41) is 7.59. The van der Waals surface area contributed by atoms with Crippen molar-refractivity contribution < 1.29 is 4.79 Å². The Morgan fingerprint density at radius 3 is 3.09 bits per heavy atom. The van der Waals surface area contributed by atoms with E-state index in [9.17, 15) is 4.79 Å². The molecule has 0 aromatic carbocycles. The molecule has 1 atom stereocenters. The predicted octanol–water partition coefficient (Wildman–Crippen LogP) is 1.03. The lowest BCUT2D eigenvalue weighted by atomic mass is 10.2. The number of aryl methyl sites for hydroxylation is 2. The van der Waals surface area contributed by atoms with E-state index in [-0.39, 0.29) is 11.9 Å². The van der Waals surface area contributed by atoms with Crippen LogP contribution >= 0.6 is 0 Å². The van der Waals surface area contributed by atoms with Crippen molar-refractivity contribution in [2.45, 2.75) is 31.7 Å². The number of fused-ring (bicyclic) bond motifs is 1. The van der Waals surface area contributed by atoms with Crippen LogP contribution in [0, 0.1) is 0 Å². The zero-order valence-electron chi connectivity index (χ0n) is 13.2. The van der Waals surface area contributed by atoms with Crippen molar-refractivity contribution in [2.75, 3.05) is 18.4 Å². The van der Waals surface area contributed by atoms with E-state index in [0.717, 1.165) is 38.0 Å². The molecule has 3 heterocycles. The molecular weight excluding hydrogens is 292 g/mol. The van der Waals surface area contributed by atoms with Crippen LogP contribution in [0.1, 0.15) is 34.6 Å². The van der Waals surface area contributed by atoms with Crippen molar-refractivity contribution >= 4 is 11.7 Å². The van der Waals surface area contributed by atoms with Crippen molar-refractivity contribution in [3.8, 4) is 0 Å². The van der Waals surface area contributed by atoms with Crippen molar-refractivity contribution in [3.63, 3.8) is 0 Å². The van der Waals surface area contributed by atoms with Crippen LogP contribution in [0.2, 0.25) is 0 Å². The molecule has 0 bridgehead atoms. The average Bonchev–Trinajstić information content (AvgIpc) is 3.26. The van der Waals surface area contributed by atoms with E-state index in [1.54, 1.807) is 30.3 Å². The van der Waals surface area contributed by atoms with E-state index in [4.69, 9.17) is 0 Å². The summed E-state index contributed by atoms with van der Waals surface area (Å²) in [6.45, 7) is 1.46. The number of aromatic nitrogens is 4. The van der Waals surface area contributed by atoms with E-state index in [2.05, 4.69) is 20.4 Å². The highest BCUT2D eigenvalue weighted by Crippen LogP contribution is 2.26. The fourth-order valence-corrected chi connectivity index (χ4v) is 3.49. The Bertz CT molecular complexity index is 740. The van der Waals surface area contributed by atoms with Gasteiger partial charge in [0.25, 0.3) is 5.91 Å². The smallest absolute Gasteiger partial charge is 0.272 e. The number of carbonyl (C=O) groups excluding carboxylic acids is 1. The second kappa shape index (κ2) is 5.64. The van der Waals surface area contributed by atoms with Gasteiger partial charge >= 0.3 is 0 Å². The second-order valence-corrected chi connectivity index (χ2v) is 6.22. The van der Waals surface area contributed by atoms with Gasteiger partial charge in [-0.1, -0.05) is 0 Å². The molecule has 4 rings (SSSR count). The zero-order valence-corrected chi connectivity index (χ0v) is 13.2. The molecule has 23 heavy (non-hydrogen) atoms.